The van der Waals surface area contributed by atoms with Crippen molar-refractivity contribution < 1.29 is 8.42 Å². The van der Waals surface area contributed by atoms with Crippen LogP contribution in [0, 0.1) is 0 Å². The quantitative estimate of drug-likeness (QED) is 0.891. The van der Waals surface area contributed by atoms with Crippen LogP contribution in [-0.4, -0.2) is 36.8 Å². The van der Waals surface area contributed by atoms with Crippen LogP contribution in [0.1, 0.15) is 37.3 Å². The van der Waals surface area contributed by atoms with Crippen molar-refractivity contribution in [1.29, 1.82) is 0 Å². The van der Waals surface area contributed by atoms with Crippen LogP contribution in [0.25, 0.3) is 0 Å². The topological polar surface area (TPSA) is 64.0 Å². The summed E-state index contributed by atoms with van der Waals surface area (Å²) in [6.45, 7) is 0.794. The largest absolute Gasteiger partial charge is 0.316 e. The fourth-order valence-corrected chi connectivity index (χ4v) is 3.79. The van der Waals surface area contributed by atoms with Gasteiger partial charge in [-0.15, -0.1) is 0 Å². The molecule has 5 nitrogen and oxygen atoms in total. The van der Waals surface area contributed by atoms with Gasteiger partial charge in [0, 0.05) is 24.6 Å². The zero-order valence-electron chi connectivity index (χ0n) is 11.0. The second kappa shape index (κ2) is 5.40. The first-order valence-corrected chi connectivity index (χ1v) is 8.32. The van der Waals surface area contributed by atoms with E-state index in [-0.39, 0.29) is 11.3 Å². The second-order valence-corrected chi connectivity index (χ2v) is 7.46. The lowest BCUT2D eigenvalue weighted by Gasteiger charge is -2.28. The maximum atomic E-state index is 11.6. The van der Waals surface area contributed by atoms with Gasteiger partial charge in [-0.25, -0.2) is 8.42 Å². The molecule has 1 heterocycles. The Hall–Kier alpha value is -0.880. The molecule has 2 atom stereocenters. The minimum atomic E-state index is -2.92. The number of nitrogens with zero attached hydrogens (tertiary/aromatic N) is 2. The van der Waals surface area contributed by atoms with Crippen LogP contribution in [-0.2, 0) is 16.4 Å². The summed E-state index contributed by atoms with van der Waals surface area (Å²) in [5.41, 5.74) is 1.14. The summed E-state index contributed by atoms with van der Waals surface area (Å²) < 4.78 is 25.2. The van der Waals surface area contributed by atoms with E-state index in [1.54, 1.807) is 0 Å². The number of hydrogen-bond donors (Lipinski definition) is 1. The summed E-state index contributed by atoms with van der Waals surface area (Å²) in [5, 5.41) is 7.24. The number of nitrogens with one attached hydrogen (secondary N) is 1. The molecule has 1 saturated carbocycles. The molecule has 1 fully saturated rings. The number of rotatable bonds is 4. The van der Waals surface area contributed by atoms with E-state index in [0.717, 1.165) is 31.4 Å². The third kappa shape index (κ3) is 3.11. The number of sulfone groups is 1. The zero-order valence-corrected chi connectivity index (χ0v) is 11.8. The van der Waals surface area contributed by atoms with E-state index < -0.39 is 9.84 Å². The van der Waals surface area contributed by atoms with E-state index in [2.05, 4.69) is 10.4 Å². The maximum absolute atomic E-state index is 11.6. The lowest BCUT2D eigenvalue weighted by atomic mass is 9.95. The Morgan fingerprint density at radius 2 is 2.28 bits per heavy atom. The lowest BCUT2D eigenvalue weighted by molar-refractivity contribution is 0.329. The predicted octanol–water partition coefficient (Wildman–Crippen LogP) is 1.13. The highest BCUT2D eigenvalue weighted by Gasteiger charge is 2.29. The summed E-state index contributed by atoms with van der Waals surface area (Å²) in [6, 6.07) is 0.226. The monoisotopic (exact) mass is 271 g/mol. The molecule has 1 aliphatic rings. The van der Waals surface area contributed by atoms with Gasteiger partial charge in [0.25, 0.3) is 0 Å². The summed E-state index contributed by atoms with van der Waals surface area (Å²) in [6.07, 6.45) is 8.68. The molecule has 102 valence electrons. The molecule has 6 heteroatoms. The molecule has 1 aromatic heterocycles. The Morgan fingerprint density at radius 3 is 2.94 bits per heavy atom. The van der Waals surface area contributed by atoms with E-state index in [1.165, 1.54) is 6.26 Å². The van der Waals surface area contributed by atoms with Gasteiger partial charge in [0.2, 0.25) is 0 Å². The average molecular weight is 271 g/mol. The Morgan fingerprint density at radius 1 is 1.50 bits per heavy atom. The van der Waals surface area contributed by atoms with E-state index in [1.807, 2.05) is 24.1 Å². The van der Waals surface area contributed by atoms with Gasteiger partial charge in [0.15, 0.2) is 0 Å². The Bertz CT molecular complexity index is 495. The minimum absolute atomic E-state index is 0.201. The zero-order chi connectivity index (χ0) is 13.2. The van der Waals surface area contributed by atoms with Gasteiger partial charge in [-0.1, -0.05) is 6.42 Å². The van der Waals surface area contributed by atoms with Gasteiger partial charge >= 0.3 is 0 Å². The highest BCUT2D eigenvalue weighted by Crippen LogP contribution is 2.31. The van der Waals surface area contributed by atoms with Crippen molar-refractivity contribution in [1.82, 2.24) is 15.1 Å². The summed E-state index contributed by atoms with van der Waals surface area (Å²) in [7, 11) is -1.02. The summed E-state index contributed by atoms with van der Waals surface area (Å²) in [5.74, 6) is 0. The smallest absolute Gasteiger partial charge is 0.150 e. The van der Waals surface area contributed by atoms with Crippen molar-refractivity contribution >= 4 is 9.84 Å². The molecule has 0 saturated heterocycles. The molecule has 0 radical (unpaired) electrons. The number of hydrogen-bond acceptors (Lipinski definition) is 4. The van der Waals surface area contributed by atoms with Gasteiger partial charge in [0.1, 0.15) is 9.84 Å². The van der Waals surface area contributed by atoms with Crippen molar-refractivity contribution in [3.05, 3.63) is 18.0 Å². The Balaban J connectivity index is 2.08. The van der Waals surface area contributed by atoms with Crippen molar-refractivity contribution in [2.45, 2.75) is 43.5 Å². The van der Waals surface area contributed by atoms with Crippen molar-refractivity contribution in [3.63, 3.8) is 0 Å². The molecule has 0 aliphatic heterocycles. The SMILES string of the molecule is CNCc1cnn(C2CCCC(S(C)(=O)=O)C2)c1. The first-order chi connectivity index (χ1) is 8.50. The van der Waals surface area contributed by atoms with E-state index >= 15 is 0 Å². The van der Waals surface area contributed by atoms with Crippen molar-refractivity contribution in [3.8, 4) is 0 Å². The molecular weight excluding hydrogens is 250 g/mol. The summed E-state index contributed by atoms with van der Waals surface area (Å²) >= 11 is 0. The fraction of sp³-hybridized carbons (Fsp3) is 0.750. The van der Waals surface area contributed by atoms with Crippen LogP contribution in [0.5, 0.6) is 0 Å². The van der Waals surface area contributed by atoms with Gasteiger partial charge in [-0.05, 0) is 26.3 Å². The standard InChI is InChI=1S/C12H21N3O2S/c1-13-7-10-8-14-15(9-10)11-4-3-5-12(6-11)18(2,16)17/h8-9,11-13H,3-7H2,1-2H3. The van der Waals surface area contributed by atoms with Gasteiger partial charge in [-0.2, -0.15) is 5.10 Å². The van der Waals surface area contributed by atoms with Gasteiger partial charge in [0.05, 0.1) is 17.5 Å². The van der Waals surface area contributed by atoms with Crippen molar-refractivity contribution in [2.75, 3.05) is 13.3 Å². The second-order valence-electron chi connectivity index (χ2n) is 5.13. The van der Waals surface area contributed by atoms with Crippen LogP contribution in [0.3, 0.4) is 0 Å². The predicted molar refractivity (Wildman–Crippen MR) is 71.1 cm³/mol. The first kappa shape index (κ1) is 13.5. The molecular formula is C12H21N3O2S. The minimum Gasteiger partial charge on any atom is -0.316 e. The molecule has 1 aromatic rings. The summed E-state index contributed by atoms with van der Waals surface area (Å²) in [4.78, 5) is 0. The Labute approximate surface area is 108 Å². The third-order valence-corrected chi connectivity index (χ3v) is 5.25. The molecule has 0 aromatic carbocycles. The van der Waals surface area contributed by atoms with Gasteiger partial charge in [-0.3, -0.25) is 4.68 Å². The molecule has 0 spiro atoms. The number of aromatic nitrogens is 2. The molecule has 2 rings (SSSR count). The molecule has 1 N–H and O–H groups in total. The molecule has 2 unspecified atom stereocenters. The van der Waals surface area contributed by atoms with E-state index in [0.29, 0.717) is 6.42 Å². The molecule has 0 bridgehead atoms. The highest BCUT2D eigenvalue weighted by atomic mass is 32.2. The molecule has 18 heavy (non-hydrogen) atoms. The van der Waals surface area contributed by atoms with Crippen LogP contribution in [0.15, 0.2) is 12.4 Å². The molecule has 1 aliphatic carbocycles. The normalized spacial score (nSPS) is 25.2. The first-order valence-electron chi connectivity index (χ1n) is 6.37. The van der Waals surface area contributed by atoms with Crippen LogP contribution >= 0.6 is 0 Å². The van der Waals surface area contributed by atoms with Gasteiger partial charge < -0.3 is 5.32 Å². The van der Waals surface area contributed by atoms with Crippen LogP contribution < -0.4 is 5.32 Å². The average Bonchev–Trinajstić information content (AvgIpc) is 2.77. The Kier molecular flexibility index (Phi) is 4.07. The third-order valence-electron chi connectivity index (χ3n) is 3.61. The molecule has 0 amide bonds. The van der Waals surface area contributed by atoms with E-state index in [4.69, 9.17) is 0 Å². The fourth-order valence-electron chi connectivity index (χ4n) is 2.62. The lowest BCUT2D eigenvalue weighted by Crippen LogP contribution is -2.29. The maximum Gasteiger partial charge on any atom is 0.150 e. The van der Waals surface area contributed by atoms with Crippen LogP contribution in [0.4, 0.5) is 0 Å². The van der Waals surface area contributed by atoms with Crippen molar-refractivity contribution in [2.24, 2.45) is 0 Å². The van der Waals surface area contributed by atoms with E-state index in [9.17, 15) is 8.42 Å². The highest BCUT2D eigenvalue weighted by molar-refractivity contribution is 7.91. The van der Waals surface area contributed by atoms with Crippen LogP contribution in [0.2, 0.25) is 0 Å².